The fraction of sp³-hybridized carbons (Fsp3) is 0.182. The van der Waals surface area contributed by atoms with Gasteiger partial charge in [0.25, 0.3) is 0 Å². The number of benzene rings is 1. The molecule has 0 radical (unpaired) electrons. The topological polar surface area (TPSA) is 32.6 Å². The largest absolute Gasteiger partial charge is 0.411 e. The molecule has 0 fully saturated rings. The summed E-state index contributed by atoms with van der Waals surface area (Å²) in [7, 11) is 0. The molecule has 0 aliphatic rings. The molecule has 0 aliphatic heterocycles. The summed E-state index contributed by atoms with van der Waals surface area (Å²) in [6.07, 6.45) is 2.30. The van der Waals surface area contributed by atoms with E-state index in [1.807, 2.05) is 31.2 Å². The van der Waals surface area contributed by atoms with Crippen LogP contribution in [-0.2, 0) is 0 Å². The molecule has 0 amide bonds. The molecule has 0 heterocycles. The Morgan fingerprint density at radius 1 is 1.62 bits per heavy atom. The van der Waals surface area contributed by atoms with E-state index in [0.717, 1.165) is 11.1 Å². The average molecular weight is 175 g/mol. The maximum absolute atomic E-state index is 8.74. The Bertz CT molecular complexity index is 329. The Balaban J connectivity index is 2.98. The summed E-state index contributed by atoms with van der Waals surface area (Å²) in [5.74, 6) is 0. The number of allylic oxidation sites excluding steroid dienone is 1. The first-order valence-corrected chi connectivity index (χ1v) is 4.17. The van der Waals surface area contributed by atoms with E-state index in [4.69, 9.17) is 5.21 Å². The van der Waals surface area contributed by atoms with Crippen LogP contribution >= 0.6 is 0 Å². The first-order chi connectivity index (χ1) is 6.27. The molecule has 68 valence electrons. The Labute approximate surface area is 78.2 Å². The normalized spacial score (nSPS) is 11.3. The van der Waals surface area contributed by atoms with Crippen LogP contribution in [0.15, 0.2) is 42.1 Å². The molecule has 1 N–H and O–H groups in total. The van der Waals surface area contributed by atoms with Gasteiger partial charge in [-0.3, -0.25) is 0 Å². The van der Waals surface area contributed by atoms with E-state index in [1.54, 1.807) is 6.08 Å². The van der Waals surface area contributed by atoms with Crippen LogP contribution in [-0.4, -0.2) is 10.9 Å². The number of oxime groups is 1. The zero-order chi connectivity index (χ0) is 9.68. The highest BCUT2D eigenvalue weighted by atomic mass is 16.4. The van der Waals surface area contributed by atoms with Crippen molar-refractivity contribution >= 4 is 5.71 Å². The van der Waals surface area contributed by atoms with Gasteiger partial charge in [0, 0.05) is 6.42 Å². The molecule has 0 bridgehead atoms. The second kappa shape index (κ2) is 4.45. The first-order valence-electron chi connectivity index (χ1n) is 4.17. The molecular weight excluding hydrogens is 162 g/mol. The molecule has 0 aliphatic carbocycles. The van der Waals surface area contributed by atoms with Gasteiger partial charge in [-0.2, -0.15) is 0 Å². The van der Waals surface area contributed by atoms with Crippen molar-refractivity contribution in [2.24, 2.45) is 5.16 Å². The minimum atomic E-state index is 0.583. The lowest BCUT2D eigenvalue weighted by Crippen LogP contribution is -1.99. The standard InChI is InChI=1S/C11H13NO/c1-3-5-11(12-13)10-7-4-6-9(2)8-10/h3-4,6-8,13H,1,5H2,2H3. The lowest BCUT2D eigenvalue weighted by Gasteiger charge is -2.01. The van der Waals surface area contributed by atoms with E-state index in [-0.39, 0.29) is 0 Å². The van der Waals surface area contributed by atoms with Crippen LogP contribution in [0.4, 0.5) is 0 Å². The predicted molar refractivity (Wildman–Crippen MR) is 54.3 cm³/mol. The summed E-state index contributed by atoms with van der Waals surface area (Å²) in [4.78, 5) is 0. The summed E-state index contributed by atoms with van der Waals surface area (Å²) >= 11 is 0. The second-order valence-electron chi connectivity index (χ2n) is 2.91. The third-order valence-electron chi connectivity index (χ3n) is 1.81. The van der Waals surface area contributed by atoms with Crippen molar-refractivity contribution in [3.05, 3.63) is 48.0 Å². The first kappa shape index (κ1) is 9.52. The number of rotatable bonds is 3. The van der Waals surface area contributed by atoms with E-state index < -0.39 is 0 Å². The highest BCUT2D eigenvalue weighted by Gasteiger charge is 2.01. The molecular formula is C11H13NO. The number of hydrogen-bond donors (Lipinski definition) is 1. The predicted octanol–water partition coefficient (Wildman–Crippen LogP) is 2.75. The van der Waals surface area contributed by atoms with E-state index in [2.05, 4.69) is 11.7 Å². The Kier molecular flexibility index (Phi) is 3.26. The maximum atomic E-state index is 8.74. The van der Waals surface area contributed by atoms with Gasteiger partial charge in [-0.05, 0) is 12.5 Å². The smallest absolute Gasteiger partial charge is 0.0905 e. The van der Waals surface area contributed by atoms with Gasteiger partial charge in [0.2, 0.25) is 0 Å². The maximum Gasteiger partial charge on any atom is 0.0905 e. The molecule has 13 heavy (non-hydrogen) atoms. The molecule has 0 saturated carbocycles. The molecule has 1 rings (SSSR count). The average Bonchev–Trinajstić information content (AvgIpc) is 2.14. The number of nitrogens with zero attached hydrogens (tertiary/aromatic N) is 1. The Morgan fingerprint density at radius 3 is 2.92 bits per heavy atom. The molecule has 2 heteroatoms. The van der Waals surface area contributed by atoms with Crippen molar-refractivity contribution in [3.8, 4) is 0 Å². The minimum Gasteiger partial charge on any atom is -0.411 e. The fourth-order valence-corrected chi connectivity index (χ4v) is 1.18. The third kappa shape index (κ3) is 2.44. The van der Waals surface area contributed by atoms with Crippen LogP contribution < -0.4 is 0 Å². The van der Waals surface area contributed by atoms with E-state index in [1.165, 1.54) is 0 Å². The Hall–Kier alpha value is -1.57. The summed E-state index contributed by atoms with van der Waals surface area (Å²) in [5.41, 5.74) is 2.75. The van der Waals surface area contributed by atoms with Crippen LogP contribution in [0.2, 0.25) is 0 Å². The van der Waals surface area contributed by atoms with E-state index in [9.17, 15) is 0 Å². The third-order valence-corrected chi connectivity index (χ3v) is 1.81. The van der Waals surface area contributed by atoms with Gasteiger partial charge in [0.05, 0.1) is 5.71 Å². The highest BCUT2D eigenvalue weighted by molar-refractivity contribution is 6.01. The van der Waals surface area contributed by atoms with Gasteiger partial charge in [-0.15, -0.1) is 6.58 Å². The van der Waals surface area contributed by atoms with Crippen LogP contribution in [0, 0.1) is 6.92 Å². The lowest BCUT2D eigenvalue weighted by atomic mass is 10.1. The van der Waals surface area contributed by atoms with Crippen LogP contribution in [0.1, 0.15) is 17.5 Å². The molecule has 0 atom stereocenters. The molecule has 0 aromatic heterocycles. The van der Waals surface area contributed by atoms with Crippen LogP contribution in [0.3, 0.4) is 0 Å². The minimum absolute atomic E-state index is 0.583. The fourth-order valence-electron chi connectivity index (χ4n) is 1.18. The van der Waals surface area contributed by atoms with E-state index in [0.29, 0.717) is 12.1 Å². The van der Waals surface area contributed by atoms with Crippen molar-refractivity contribution in [2.75, 3.05) is 0 Å². The summed E-state index contributed by atoms with van der Waals surface area (Å²) in [6, 6.07) is 7.86. The van der Waals surface area contributed by atoms with Gasteiger partial charge in [0.15, 0.2) is 0 Å². The van der Waals surface area contributed by atoms with Crippen molar-refractivity contribution in [1.29, 1.82) is 0 Å². The second-order valence-corrected chi connectivity index (χ2v) is 2.91. The molecule has 0 saturated heterocycles. The quantitative estimate of drug-likeness (QED) is 0.326. The van der Waals surface area contributed by atoms with Crippen molar-refractivity contribution in [2.45, 2.75) is 13.3 Å². The van der Waals surface area contributed by atoms with E-state index >= 15 is 0 Å². The van der Waals surface area contributed by atoms with Crippen LogP contribution in [0.25, 0.3) is 0 Å². The van der Waals surface area contributed by atoms with Crippen molar-refractivity contribution < 1.29 is 5.21 Å². The van der Waals surface area contributed by atoms with Gasteiger partial charge < -0.3 is 5.21 Å². The number of aryl methyl sites for hydroxylation is 1. The lowest BCUT2D eigenvalue weighted by molar-refractivity contribution is 0.318. The summed E-state index contributed by atoms with van der Waals surface area (Å²) < 4.78 is 0. The Morgan fingerprint density at radius 2 is 2.38 bits per heavy atom. The van der Waals surface area contributed by atoms with Gasteiger partial charge in [-0.1, -0.05) is 41.1 Å². The molecule has 2 nitrogen and oxygen atoms in total. The van der Waals surface area contributed by atoms with Crippen molar-refractivity contribution in [3.63, 3.8) is 0 Å². The van der Waals surface area contributed by atoms with Gasteiger partial charge >= 0.3 is 0 Å². The zero-order valence-electron chi connectivity index (χ0n) is 7.70. The molecule has 1 aromatic rings. The molecule has 1 aromatic carbocycles. The molecule has 0 unspecified atom stereocenters. The summed E-state index contributed by atoms with van der Waals surface area (Å²) in [6.45, 7) is 5.61. The van der Waals surface area contributed by atoms with Crippen molar-refractivity contribution in [1.82, 2.24) is 0 Å². The molecule has 0 spiro atoms. The zero-order valence-corrected chi connectivity index (χ0v) is 7.70. The van der Waals surface area contributed by atoms with Gasteiger partial charge in [0.1, 0.15) is 0 Å². The monoisotopic (exact) mass is 175 g/mol. The number of hydrogen-bond acceptors (Lipinski definition) is 2. The van der Waals surface area contributed by atoms with Crippen LogP contribution in [0.5, 0.6) is 0 Å². The highest BCUT2D eigenvalue weighted by Crippen LogP contribution is 2.07. The van der Waals surface area contributed by atoms with Gasteiger partial charge in [-0.25, -0.2) is 0 Å². The summed E-state index contributed by atoms with van der Waals surface area (Å²) in [5, 5.41) is 12.0. The SMILES string of the molecule is C=CCC(=NO)c1cccc(C)c1.